The van der Waals surface area contributed by atoms with Crippen molar-refractivity contribution in [2.75, 3.05) is 0 Å². The average Bonchev–Trinajstić information content (AvgIpc) is 2.65. The van der Waals surface area contributed by atoms with Crippen molar-refractivity contribution >= 4 is 16.0 Å². The number of hydrogen-bond donors (Lipinski definition) is 3. The Morgan fingerprint density at radius 2 is 2.05 bits per heavy atom. The Kier molecular flexibility index (Phi) is 3.62. The van der Waals surface area contributed by atoms with Crippen molar-refractivity contribution in [2.45, 2.75) is 30.7 Å². The number of nitrogens with one attached hydrogen (secondary N) is 1. The fourth-order valence-electron chi connectivity index (χ4n) is 2.13. The van der Waals surface area contributed by atoms with E-state index in [1.54, 1.807) is 12.1 Å². The summed E-state index contributed by atoms with van der Waals surface area (Å²) in [4.78, 5) is 10.8. The Morgan fingerprint density at radius 3 is 2.68 bits per heavy atom. The number of hydrogen-bond acceptors (Lipinski definition) is 4. The van der Waals surface area contributed by atoms with Gasteiger partial charge in [-0.15, -0.1) is 0 Å². The Balaban J connectivity index is 2.27. The van der Waals surface area contributed by atoms with E-state index in [0.717, 1.165) is 12.5 Å². The monoisotopic (exact) mass is 285 g/mol. The first-order chi connectivity index (χ1) is 8.83. The number of rotatable bonds is 4. The summed E-state index contributed by atoms with van der Waals surface area (Å²) in [6, 6.07) is 6.31. The minimum absolute atomic E-state index is 0.352. The zero-order valence-corrected chi connectivity index (χ0v) is 11.1. The first-order valence-corrected chi connectivity index (χ1v) is 7.37. The number of aliphatic hydroxyl groups excluding tert-OH is 1. The van der Waals surface area contributed by atoms with E-state index < -0.39 is 33.4 Å². The SMILES string of the molecule is CC(C(=O)O)S(=O)(=O)N[C@@H]1c2ccccc2C[C@@H]1O. The quantitative estimate of drug-likeness (QED) is 0.724. The van der Waals surface area contributed by atoms with Crippen LogP contribution in [0.5, 0.6) is 0 Å². The Morgan fingerprint density at radius 1 is 1.42 bits per heavy atom. The maximum atomic E-state index is 11.9. The van der Waals surface area contributed by atoms with Crippen LogP contribution in [0.15, 0.2) is 24.3 Å². The number of benzene rings is 1. The fraction of sp³-hybridized carbons (Fsp3) is 0.417. The molecular formula is C12H15NO5S. The third-order valence-corrected chi connectivity index (χ3v) is 5.02. The standard InChI is InChI=1S/C12H15NO5S/c1-7(12(15)16)19(17,18)13-11-9-5-3-2-4-8(9)6-10(11)14/h2-5,7,10-11,13-14H,6H2,1H3,(H,15,16)/t7?,10-,11+/m0/s1. The lowest BCUT2D eigenvalue weighted by Crippen LogP contribution is -2.41. The molecular weight excluding hydrogens is 270 g/mol. The molecule has 1 unspecified atom stereocenters. The van der Waals surface area contributed by atoms with Gasteiger partial charge < -0.3 is 10.2 Å². The van der Waals surface area contributed by atoms with E-state index in [4.69, 9.17) is 5.11 Å². The molecule has 7 heteroatoms. The molecule has 19 heavy (non-hydrogen) atoms. The maximum absolute atomic E-state index is 11.9. The summed E-state index contributed by atoms with van der Waals surface area (Å²) in [6.45, 7) is 1.10. The van der Waals surface area contributed by atoms with Crippen LogP contribution < -0.4 is 4.72 Å². The van der Waals surface area contributed by atoms with E-state index in [2.05, 4.69) is 4.72 Å². The predicted molar refractivity (Wildman–Crippen MR) is 68.0 cm³/mol. The van der Waals surface area contributed by atoms with Gasteiger partial charge in [0.1, 0.15) is 0 Å². The van der Waals surface area contributed by atoms with Crippen LogP contribution in [0.3, 0.4) is 0 Å². The molecule has 1 aliphatic rings. The van der Waals surface area contributed by atoms with Gasteiger partial charge in [0.15, 0.2) is 5.25 Å². The van der Waals surface area contributed by atoms with Crippen molar-refractivity contribution in [3.05, 3.63) is 35.4 Å². The molecule has 0 spiro atoms. The lowest BCUT2D eigenvalue weighted by molar-refractivity contribution is -0.136. The van der Waals surface area contributed by atoms with Gasteiger partial charge in [0, 0.05) is 6.42 Å². The highest BCUT2D eigenvalue weighted by atomic mass is 32.2. The second-order valence-corrected chi connectivity index (χ2v) is 6.62. The average molecular weight is 285 g/mol. The summed E-state index contributed by atoms with van der Waals surface area (Å²) in [5, 5.41) is 17.1. The summed E-state index contributed by atoms with van der Waals surface area (Å²) in [6.07, 6.45) is -0.529. The first kappa shape index (κ1) is 14.0. The van der Waals surface area contributed by atoms with Crippen LogP contribution in [0.1, 0.15) is 24.1 Å². The third-order valence-electron chi connectivity index (χ3n) is 3.31. The topological polar surface area (TPSA) is 104 Å². The van der Waals surface area contributed by atoms with Crippen molar-refractivity contribution in [3.8, 4) is 0 Å². The lowest BCUT2D eigenvalue weighted by Gasteiger charge is -2.19. The number of sulfonamides is 1. The number of carboxylic acid groups (broad SMARTS) is 1. The van der Waals surface area contributed by atoms with Crippen LogP contribution in [-0.4, -0.2) is 36.0 Å². The van der Waals surface area contributed by atoms with Crippen LogP contribution in [0.25, 0.3) is 0 Å². The molecule has 0 bridgehead atoms. The number of aliphatic carboxylic acids is 1. The van der Waals surface area contributed by atoms with Gasteiger partial charge >= 0.3 is 5.97 Å². The number of aliphatic hydroxyl groups is 1. The summed E-state index contributed by atoms with van der Waals surface area (Å²) < 4.78 is 26.0. The first-order valence-electron chi connectivity index (χ1n) is 5.82. The molecule has 3 N–H and O–H groups in total. The van der Waals surface area contributed by atoms with Crippen LogP contribution >= 0.6 is 0 Å². The van der Waals surface area contributed by atoms with Crippen molar-refractivity contribution in [3.63, 3.8) is 0 Å². The van der Waals surface area contributed by atoms with E-state index in [-0.39, 0.29) is 0 Å². The summed E-state index contributed by atoms with van der Waals surface area (Å²) >= 11 is 0. The van der Waals surface area contributed by atoms with E-state index in [1.807, 2.05) is 12.1 Å². The zero-order chi connectivity index (χ0) is 14.2. The van der Waals surface area contributed by atoms with Crippen LogP contribution in [0.2, 0.25) is 0 Å². The number of carbonyl (C=O) groups is 1. The van der Waals surface area contributed by atoms with Gasteiger partial charge in [-0.25, -0.2) is 13.1 Å². The lowest BCUT2D eigenvalue weighted by atomic mass is 10.1. The highest BCUT2D eigenvalue weighted by Gasteiger charge is 2.37. The second-order valence-electron chi connectivity index (χ2n) is 4.59. The van der Waals surface area contributed by atoms with Crippen molar-refractivity contribution < 1.29 is 23.4 Å². The van der Waals surface area contributed by atoms with Gasteiger partial charge in [0.2, 0.25) is 10.0 Å². The largest absolute Gasteiger partial charge is 0.480 e. The molecule has 1 aliphatic carbocycles. The van der Waals surface area contributed by atoms with E-state index >= 15 is 0 Å². The molecule has 104 valence electrons. The van der Waals surface area contributed by atoms with Gasteiger partial charge in [0.05, 0.1) is 12.1 Å². The molecule has 1 aromatic rings. The predicted octanol–water partition coefficient (Wildman–Crippen LogP) is 0.0372. The van der Waals surface area contributed by atoms with E-state index in [9.17, 15) is 18.3 Å². The van der Waals surface area contributed by atoms with Gasteiger partial charge in [-0.2, -0.15) is 0 Å². The van der Waals surface area contributed by atoms with Crippen LogP contribution in [0.4, 0.5) is 0 Å². The van der Waals surface area contributed by atoms with Crippen LogP contribution in [0, 0.1) is 0 Å². The minimum atomic E-state index is -4.03. The van der Waals surface area contributed by atoms with Gasteiger partial charge in [-0.1, -0.05) is 24.3 Å². The van der Waals surface area contributed by atoms with E-state index in [1.165, 1.54) is 0 Å². The molecule has 1 aromatic carbocycles. The summed E-state index contributed by atoms with van der Waals surface area (Å²) in [5.74, 6) is -1.42. The Labute approximate surface area is 111 Å². The van der Waals surface area contributed by atoms with Crippen molar-refractivity contribution in [1.82, 2.24) is 4.72 Å². The molecule has 0 aromatic heterocycles. The molecule has 6 nitrogen and oxygen atoms in total. The highest BCUT2D eigenvalue weighted by Crippen LogP contribution is 2.32. The molecule has 0 amide bonds. The number of fused-ring (bicyclic) bond motifs is 1. The van der Waals surface area contributed by atoms with Crippen molar-refractivity contribution in [2.24, 2.45) is 0 Å². The highest BCUT2D eigenvalue weighted by molar-refractivity contribution is 7.90. The zero-order valence-electron chi connectivity index (χ0n) is 10.3. The molecule has 0 fully saturated rings. The van der Waals surface area contributed by atoms with E-state index in [0.29, 0.717) is 12.0 Å². The van der Waals surface area contributed by atoms with Gasteiger partial charge in [-0.05, 0) is 18.1 Å². The normalized spacial score (nSPS) is 23.9. The Bertz CT molecular complexity index is 598. The smallest absolute Gasteiger partial charge is 0.323 e. The molecule has 0 aliphatic heterocycles. The molecule has 3 atom stereocenters. The molecule has 2 rings (SSSR count). The molecule has 0 heterocycles. The molecule has 0 saturated heterocycles. The van der Waals surface area contributed by atoms with Crippen LogP contribution in [-0.2, 0) is 21.2 Å². The second kappa shape index (κ2) is 4.92. The fourth-order valence-corrected chi connectivity index (χ4v) is 3.24. The van der Waals surface area contributed by atoms with Gasteiger partial charge in [-0.3, -0.25) is 4.79 Å². The van der Waals surface area contributed by atoms with Crippen molar-refractivity contribution in [1.29, 1.82) is 0 Å². The number of carboxylic acids is 1. The summed E-state index contributed by atoms with van der Waals surface area (Å²) in [5.41, 5.74) is 1.56. The maximum Gasteiger partial charge on any atom is 0.323 e. The minimum Gasteiger partial charge on any atom is -0.480 e. The van der Waals surface area contributed by atoms with Gasteiger partial charge in [0.25, 0.3) is 0 Å². The summed E-state index contributed by atoms with van der Waals surface area (Å²) in [7, 11) is -4.03. The Hall–Kier alpha value is -1.44. The third kappa shape index (κ3) is 2.63. The molecule has 0 saturated carbocycles. The molecule has 0 radical (unpaired) electrons.